The molecule has 3 rings (SSSR count). The van der Waals surface area contributed by atoms with E-state index in [2.05, 4.69) is 0 Å². The van der Waals surface area contributed by atoms with E-state index < -0.39 is 22.0 Å². The highest BCUT2D eigenvalue weighted by atomic mass is 35.5. The van der Waals surface area contributed by atoms with Crippen molar-refractivity contribution in [3.05, 3.63) is 88.1 Å². The Labute approximate surface area is 169 Å². The number of benzene rings is 2. The van der Waals surface area contributed by atoms with Gasteiger partial charge in [0.25, 0.3) is 10.0 Å². The van der Waals surface area contributed by atoms with E-state index in [-0.39, 0.29) is 10.5 Å². The van der Waals surface area contributed by atoms with E-state index in [0.29, 0.717) is 10.6 Å². The molecule has 1 unspecified atom stereocenters. The molecule has 0 bridgehead atoms. The normalized spacial score (nSPS) is 17.0. The molecular formula is C21H20ClNO4S. The second-order valence-electron chi connectivity index (χ2n) is 6.53. The fourth-order valence-corrected chi connectivity index (χ4v) is 4.56. The van der Waals surface area contributed by atoms with Crippen LogP contribution in [-0.2, 0) is 19.6 Å². The Hall–Kier alpha value is -2.57. The summed E-state index contributed by atoms with van der Waals surface area (Å²) in [5.41, 5.74) is 2.53. The third-order valence-electron chi connectivity index (χ3n) is 4.58. The highest BCUT2D eigenvalue weighted by molar-refractivity contribution is 7.89. The van der Waals surface area contributed by atoms with Crippen molar-refractivity contribution in [2.24, 2.45) is 0 Å². The van der Waals surface area contributed by atoms with Crippen LogP contribution in [0, 0.1) is 6.92 Å². The smallest absolute Gasteiger partial charge is 0.339 e. The van der Waals surface area contributed by atoms with Gasteiger partial charge in [-0.25, -0.2) is 13.2 Å². The van der Waals surface area contributed by atoms with Crippen molar-refractivity contribution >= 4 is 27.6 Å². The van der Waals surface area contributed by atoms with Crippen LogP contribution in [0.25, 0.3) is 0 Å². The van der Waals surface area contributed by atoms with Crippen molar-refractivity contribution < 1.29 is 17.9 Å². The topological polar surface area (TPSA) is 63.7 Å². The van der Waals surface area contributed by atoms with Gasteiger partial charge >= 0.3 is 5.97 Å². The largest absolute Gasteiger partial charge is 0.465 e. The second-order valence-corrected chi connectivity index (χ2v) is 8.81. The van der Waals surface area contributed by atoms with Gasteiger partial charge in [0.1, 0.15) is 0 Å². The van der Waals surface area contributed by atoms with Crippen molar-refractivity contribution in [3.8, 4) is 0 Å². The molecule has 0 saturated heterocycles. The first-order chi connectivity index (χ1) is 13.2. The highest BCUT2D eigenvalue weighted by Gasteiger charge is 2.34. The van der Waals surface area contributed by atoms with Crippen molar-refractivity contribution in [1.82, 2.24) is 4.31 Å². The lowest BCUT2D eigenvalue weighted by Crippen LogP contribution is -2.33. The maximum atomic E-state index is 13.4. The van der Waals surface area contributed by atoms with Gasteiger partial charge in [-0.05, 0) is 49.2 Å². The SMILES string of the molecule is COC(=O)C1=CN(S(=O)(=O)c2ccc(C)cc2)C(c2ccc(Cl)cc2)C=C1C. The summed E-state index contributed by atoms with van der Waals surface area (Å²) < 4.78 is 32.8. The summed E-state index contributed by atoms with van der Waals surface area (Å²) in [6, 6.07) is 12.9. The van der Waals surface area contributed by atoms with Gasteiger partial charge in [0.15, 0.2) is 0 Å². The number of rotatable bonds is 4. The van der Waals surface area contributed by atoms with E-state index in [4.69, 9.17) is 16.3 Å². The van der Waals surface area contributed by atoms with E-state index in [1.807, 2.05) is 6.92 Å². The van der Waals surface area contributed by atoms with Gasteiger partial charge < -0.3 is 4.74 Å². The second kappa shape index (κ2) is 7.81. The summed E-state index contributed by atoms with van der Waals surface area (Å²) in [5, 5.41) is 0.555. The molecule has 0 amide bonds. The zero-order chi connectivity index (χ0) is 20.5. The van der Waals surface area contributed by atoms with E-state index in [1.54, 1.807) is 61.5 Å². The maximum Gasteiger partial charge on any atom is 0.339 e. The minimum absolute atomic E-state index is 0.144. The standard InChI is InChI=1S/C21H20ClNO4S/c1-14-4-10-18(11-5-14)28(25,26)23-13-19(21(24)27-3)15(2)12-20(23)16-6-8-17(22)9-7-16/h4-13,20H,1-3H3. The molecule has 7 heteroatoms. The molecule has 0 N–H and O–H groups in total. The number of esters is 1. The average molecular weight is 418 g/mol. The molecule has 0 aliphatic carbocycles. The van der Waals surface area contributed by atoms with Gasteiger partial charge in [0.05, 0.1) is 23.6 Å². The van der Waals surface area contributed by atoms with Gasteiger partial charge in [0.2, 0.25) is 0 Å². The van der Waals surface area contributed by atoms with E-state index >= 15 is 0 Å². The number of carbonyl (C=O) groups is 1. The number of halogens is 1. The van der Waals surface area contributed by atoms with Crippen LogP contribution in [-0.4, -0.2) is 25.8 Å². The number of carbonyl (C=O) groups excluding carboxylic acids is 1. The number of hydrogen-bond acceptors (Lipinski definition) is 4. The van der Waals surface area contributed by atoms with Crippen LogP contribution < -0.4 is 0 Å². The Bertz CT molecular complexity index is 1050. The molecule has 5 nitrogen and oxygen atoms in total. The quantitative estimate of drug-likeness (QED) is 0.692. The zero-order valence-corrected chi connectivity index (χ0v) is 17.3. The minimum atomic E-state index is -3.91. The Morgan fingerprint density at radius 3 is 2.21 bits per heavy atom. The predicted octanol–water partition coefficient (Wildman–Crippen LogP) is 4.40. The van der Waals surface area contributed by atoms with Crippen LogP contribution in [0.3, 0.4) is 0 Å². The molecule has 146 valence electrons. The fourth-order valence-electron chi connectivity index (χ4n) is 2.99. The molecule has 0 spiro atoms. The Balaban J connectivity index is 2.15. The Morgan fingerprint density at radius 1 is 1.04 bits per heavy atom. The van der Waals surface area contributed by atoms with Crippen LogP contribution in [0.15, 0.2) is 76.8 Å². The molecule has 0 saturated carbocycles. The summed E-state index contributed by atoms with van der Waals surface area (Å²) in [6.07, 6.45) is 3.08. The molecule has 1 atom stereocenters. The van der Waals surface area contributed by atoms with Crippen LogP contribution >= 0.6 is 11.6 Å². The fraction of sp³-hybridized carbons (Fsp3) is 0.190. The number of methoxy groups -OCH3 is 1. The van der Waals surface area contributed by atoms with E-state index in [0.717, 1.165) is 11.1 Å². The molecule has 28 heavy (non-hydrogen) atoms. The lowest BCUT2D eigenvalue weighted by atomic mass is 9.98. The molecular weight excluding hydrogens is 398 g/mol. The van der Waals surface area contributed by atoms with Crippen molar-refractivity contribution in [2.75, 3.05) is 7.11 Å². The lowest BCUT2D eigenvalue weighted by Gasteiger charge is -2.32. The van der Waals surface area contributed by atoms with E-state index in [9.17, 15) is 13.2 Å². The van der Waals surface area contributed by atoms with Gasteiger partial charge in [-0.15, -0.1) is 0 Å². The van der Waals surface area contributed by atoms with Gasteiger partial charge in [-0.2, -0.15) is 0 Å². The van der Waals surface area contributed by atoms with Crippen LogP contribution in [0.2, 0.25) is 5.02 Å². The third kappa shape index (κ3) is 3.84. The molecule has 2 aromatic carbocycles. The zero-order valence-electron chi connectivity index (χ0n) is 15.7. The number of hydrogen-bond donors (Lipinski definition) is 0. The molecule has 1 aliphatic heterocycles. The van der Waals surface area contributed by atoms with Crippen molar-refractivity contribution in [2.45, 2.75) is 24.8 Å². The minimum Gasteiger partial charge on any atom is -0.465 e. The summed E-state index contributed by atoms with van der Waals surface area (Å²) in [7, 11) is -2.65. The Morgan fingerprint density at radius 2 is 1.64 bits per heavy atom. The molecule has 0 fully saturated rings. The summed E-state index contributed by atoms with van der Waals surface area (Å²) in [5.74, 6) is -0.590. The molecule has 1 aliphatic rings. The highest BCUT2D eigenvalue weighted by Crippen LogP contribution is 2.36. The van der Waals surface area contributed by atoms with Crippen molar-refractivity contribution in [1.29, 1.82) is 0 Å². The van der Waals surface area contributed by atoms with Crippen LogP contribution in [0.4, 0.5) is 0 Å². The molecule has 2 aromatic rings. The number of sulfonamides is 1. The molecule has 0 aromatic heterocycles. The monoisotopic (exact) mass is 417 g/mol. The first-order valence-electron chi connectivity index (χ1n) is 8.58. The van der Waals surface area contributed by atoms with E-state index in [1.165, 1.54) is 17.6 Å². The van der Waals surface area contributed by atoms with Crippen LogP contribution in [0.1, 0.15) is 24.1 Å². The first-order valence-corrected chi connectivity index (χ1v) is 10.4. The van der Waals surface area contributed by atoms with Crippen LogP contribution in [0.5, 0.6) is 0 Å². The van der Waals surface area contributed by atoms with Gasteiger partial charge in [0, 0.05) is 11.2 Å². The number of ether oxygens (including phenoxy) is 1. The van der Waals surface area contributed by atoms with Crippen molar-refractivity contribution in [3.63, 3.8) is 0 Å². The van der Waals surface area contributed by atoms with Gasteiger partial charge in [-0.3, -0.25) is 4.31 Å². The van der Waals surface area contributed by atoms with Gasteiger partial charge in [-0.1, -0.05) is 47.5 Å². The summed E-state index contributed by atoms with van der Waals surface area (Å²) in [6.45, 7) is 3.64. The summed E-state index contributed by atoms with van der Waals surface area (Å²) in [4.78, 5) is 12.3. The number of aryl methyl sites for hydroxylation is 1. The first kappa shape index (κ1) is 20.2. The number of nitrogens with zero attached hydrogens (tertiary/aromatic N) is 1. The maximum absolute atomic E-state index is 13.4. The molecule has 1 heterocycles. The Kier molecular flexibility index (Phi) is 5.63. The third-order valence-corrected chi connectivity index (χ3v) is 6.58. The predicted molar refractivity (Wildman–Crippen MR) is 108 cm³/mol. The average Bonchev–Trinajstić information content (AvgIpc) is 2.68. The summed E-state index contributed by atoms with van der Waals surface area (Å²) >= 11 is 5.98. The molecule has 0 radical (unpaired) electrons. The lowest BCUT2D eigenvalue weighted by molar-refractivity contribution is -0.135.